The molecule has 2 heterocycles. The second kappa shape index (κ2) is 10.5. The Bertz CT molecular complexity index is 1040. The van der Waals surface area contributed by atoms with E-state index in [1.807, 2.05) is 18.2 Å². The maximum absolute atomic E-state index is 11.7. The van der Waals surface area contributed by atoms with E-state index in [2.05, 4.69) is 61.3 Å². The third-order valence-electron chi connectivity index (χ3n) is 7.70. The third kappa shape index (κ3) is 6.47. The fraction of sp³-hybridized carbons (Fsp3) is 0.567. The fourth-order valence-corrected chi connectivity index (χ4v) is 5.26. The molecule has 2 aromatic carbocycles. The van der Waals surface area contributed by atoms with Crippen LogP contribution >= 0.6 is 0 Å². The maximum atomic E-state index is 11.7. The van der Waals surface area contributed by atoms with Crippen LogP contribution in [0.5, 0.6) is 5.75 Å². The fourth-order valence-electron chi connectivity index (χ4n) is 5.26. The van der Waals surface area contributed by atoms with Crippen molar-refractivity contribution in [3.05, 3.63) is 65.2 Å². The molecule has 2 N–H and O–H groups in total. The topological polar surface area (TPSA) is 71.0 Å². The number of piperidine rings is 1. The Balaban J connectivity index is 1.45. The zero-order valence-corrected chi connectivity index (χ0v) is 22.5. The van der Waals surface area contributed by atoms with Crippen molar-refractivity contribution in [1.82, 2.24) is 10.2 Å². The number of rotatable bonds is 6. The van der Waals surface area contributed by atoms with Crippen LogP contribution in [0.25, 0.3) is 0 Å². The highest BCUT2D eigenvalue weighted by Gasteiger charge is 2.48. The monoisotopic (exact) mass is 494 g/mol. The van der Waals surface area contributed by atoms with Gasteiger partial charge in [-0.25, -0.2) is 0 Å². The maximum Gasteiger partial charge on any atom is 0.217 e. The van der Waals surface area contributed by atoms with Gasteiger partial charge in [-0.2, -0.15) is 0 Å². The number of amides is 1. The van der Waals surface area contributed by atoms with E-state index in [1.54, 1.807) is 6.92 Å². The number of carbonyl (C=O) groups excluding carboxylic acids is 1. The molecule has 2 fully saturated rings. The van der Waals surface area contributed by atoms with Crippen molar-refractivity contribution in [2.24, 2.45) is 0 Å². The minimum absolute atomic E-state index is 0.0598. The lowest BCUT2D eigenvalue weighted by Gasteiger charge is -2.50. The minimum Gasteiger partial charge on any atom is -0.489 e. The second-order valence-corrected chi connectivity index (χ2v) is 11.9. The summed E-state index contributed by atoms with van der Waals surface area (Å²) < 4.78 is 12.6. The number of benzene rings is 2. The highest BCUT2D eigenvalue weighted by molar-refractivity contribution is 5.73. The van der Waals surface area contributed by atoms with Gasteiger partial charge in [-0.05, 0) is 48.8 Å². The van der Waals surface area contributed by atoms with E-state index < -0.39 is 5.60 Å². The number of carbonyl (C=O) groups is 1. The third-order valence-corrected chi connectivity index (χ3v) is 7.70. The van der Waals surface area contributed by atoms with Crippen LogP contribution in [0.4, 0.5) is 0 Å². The van der Waals surface area contributed by atoms with Crippen molar-refractivity contribution in [2.45, 2.75) is 89.7 Å². The molecule has 196 valence electrons. The molecule has 36 heavy (non-hydrogen) atoms. The van der Waals surface area contributed by atoms with Gasteiger partial charge in [-0.15, -0.1) is 0 Å². The first kappa shape index (κ1) is 26.6. The van der Waals surface area contributed by atoms with Gasteiger partial charge in [0.05, 0.1) is 18.2 Å². The van der Waals surface area contributed by atoms with Crippen molar-refractivity contribution in [3.63, 3.8) is 0 Å². The van der Waals surface area contributed by atoms with Gasteiger partial charge in [0.15, 0.2) is 0 Å². The van der Waals surface area contributed by atoms with Gasteiger partial charge in [0.2, 0.25) is 5.91 Å². The molecule has 2 aliphatic rings. The van der Waals surface area contributed by atoms with Gasteiger partial charge in [-0.3, -0.25) is 9.69 Å². The molecule has 2 atom stereocenters. The number of hydrogen-bond donors (Lipinski definition) is 2. The number of likely N-dealkylation sites (tertiary alicyclic amines) is 1. The molecule has 2 aliphatic heterocycles. The molecule has 1 spiro atoms. The predicted molar refractivity (Wildman–Crippen MR) is 142 cm³/mol. The van der Waals surface area contributed by atoms with E-state index in [0.717, 1.165) is 43.8 Å². The summed E-state index contributed by atoms with van der Waals surface area (Å²) in [7, 11) is 0. The second-order valence-electron chi connectivity index (χ2n) is 11.9. The largest absolute Gasteiger partial charge is 0.489 e. The normalized spacial score (nSPS) is 24.4. The highest BCUT2D eigenvalue weighted by atomic mass is 16.5. The standard InChI is InChI=1S/C30H42N2O4/c1-22(33)31-27-18-30(36-21-29(27,5)34)13-15-32(16-14-30)19-24-17-25(28(2,3)4)11-12-26(24)35-20-23-9-7-6-8-10-23/h6-12,17,27,34H,13-16,18-21H2,1-5H3,(H,31,33)/t27-,29-/m0/s1. The van der Waals surface area contributed by atoms with Crippen LogP contribution in [-0.4, -0.2) is 52.9 Å². The van der Waals surface area contributed by atoms with E-state index >= 15 is 0 Å². The van der Waals surface area contributed by atoms with Gasteiger partial charge in [0.1, 0.15) is 18.0 Å². The first-order valence-corrected chi connectivity index (χ1v) is 13.1. The van der Waals surface area contributed by atoms with Crippen LogP contribution in [0.1, 0.15) is 70.6 Å². The quantitative estimate of drug-likeness (QED) is 0.616. The van der Waals surface area contributed by atoms with Crippen molar-refractivity contribution in [1.29, 1.82) is 0 Å². The first-order valence-electron chi connectivity index (χ1n) is 13.1. The molecule has 0 unspecified atom stereocenters. The smallest absolute Gasteiger partial charge is 0.217 e. The molecular weight excluding hydrogens is 452 g/mol. The zero-order chi connectivity index (χ0) is 26.0. The number of ether oxygens (including phenoxy) is 2. The molecule has 0 aliphatic carbocycles. The Labute approximate surface area is 216 Å². The molecule has 1 amide bonds. The summed E-state index contributed by atoms with van der Waals surface area (Å²) in [4.78, 5) is 14.2. The Morgan fingerprint density at radius 3 is 2.50 bits per heavy atom. The summed E-state index contributed by atoms with van der Waals surface area (Å²) in [6, 6.07) is 16.6. The molecule has 0 bridgehead atoms. The summed E-state index contributed by atoms with van der Waals surface area (Å²) in [5.74, 6) is 0.819. The van der Waals surface area contributed by atoms with E-state index in [1.165, 1.54) is 18.1 Å². The minimum atomic E-state index is -1.05. The molecule has 0 saturated carbocycles. The number of hydrogen-bond acceptors (Lipinski definition) is 5. The Hall–Kier alpha value is -2.41. The van der Waals surface area contributed by atoms with Crippen molar-refractivity contribution < 1.29 is 19.4 Å². The summed E-state index contributed by atoms with van der Waals surface area (Å²) >= 11 is 0. The van der Waals surface area contributed by atoms with Gasteiger partial charge in [0, 0.05) is 32.1 Å². The average molecular weight is 495 g/mol. The first-order chi connectivity index (χ1) is 17.0. The van der Waals surface area contributed by atoms with Crippen LogP contribution < -0.4 is 10.1 Å². The van der Waals surface area contributed by atoms with Gasteiger partial charge >= 0.3 is 0 Å². The van der Waals surface area contributed by atoms with Crippen LogP contribution in [0.15, 0.2) is 48.5 Å². The van der Waals surface area contributed by atoms with Gasteiger partial charge in [0.25, 0.3) is 0 Å². The molecule has 4 rings (SSSR count). The number of nitrogens with zero attached hydrogens (tertiary/aromatic N) is 1. The lowest BCUT2D eigenvalue weighted by Crippen LogP contribution is -2.63. The van der Waals surface area contributed by atoms with Crippen molar-refractivity contribution >= 4 is 5.91 Å². The lowest BCUT2D eigenvalue weighted by molar-refractivity contribution is -0.193. The molecule has 2 saturated heterocycles. The summed E-state index contributed by atoms with van der Waals surface area (Å²) in [6.07, 6.45) is 2.38. The molecule has 6 heteroatoms. The summed E-state index contributed by atoms with van der Waals surface area (Å²) in [5, 5.41) is 13.7. The van der Waals surface area contributed by atoms with E-state index in [-0.39, 0.29) is 29.6 Å². The van der Waals surface area contributed by atoms with Crippen LogP contribution in [0.3, 0.4) is 0 Å². The van der Waals surface area contributed by atoms with E-state index in [9.17, 15) is 9.90 Å². The number of aliphatic hydroxyl groups is 1. The SMILES string of the molecule is CC(=O)N[C@H]1CC2(CCN(Cc3cc(C(C)(C)C)ccc3OCc3ccccc3)CC2)OC[C@]1(C)O. The van der Waals surface area contributed by atoms with Crippen molar-refractivity contribution in [3.8, 4) is 5.75 Å². The average Bonchev–Trinajstić information content (AvgIpc) is 2.82. The summed E-state index contributed by atoms with van der Waals surface area (Å²) in [6.45, 7) is 13.4. The van der Waals surface area contributed by atoms with Crippen LogP contribution in [0, 0.1) is 0 Å². The predicted octanol–water partition coefficient (Wildman–Crippen LogP) is 4.57. The van der Waals surface area contributed by atoms with Gasteiger partial charge in [-0.1, -0.05) is 63.2 Å². The Morgan fingerprint density at radius 1 is 1.17 bits per heavy atom. The highest BCUT2D eigenvalue weighted by Crippen LogP contribution is 2.39. The van der Waals surface area contributed by atoms with E-state index in [0.29, 0.717) is 13.0 Å². The lowest BCUT2D eigenvalue weighted by atomic mass is 9.77. The number of nitrogens with one attached hydrogen (secondary N) is 1. The Kier molecular flexibility index (Phi) is 7.79. The molecule has 0 aromatic heterocycles. The van der Waals surface area contributed by atoms with Gasteiger partial charge < -0.3 is 19.9 Å². The molecular formula is C30H42N2O4. The van der Waals surface area contributed by atoms with Crippen molar-refractivity contribution in [2.75, 3.05) is 19.7 Å². The Morgan fingerprint density at radius 2 is 1.86 bits per heavy atom. The zero-order valence-electron chi connectivity index (χ0n) is 22.5. The molecule has 6 nitrogen and oxygen atoms in total. The molecule has 2 aromatic rings. The molecule has 0 radical (unpaired) electrons. The van der Waals surface area contributed by atoms with Crippen LogP contribution in [0.2, 0.25) is 0 Å². The van der Waals surface area contributed by atoms with E-state index in [4.69, 9.17) is 9.47 Å². The van der Waals surface area contributed by atoms with Crippen LogP contribution in [-0.2, 0) is 28.1 Å². The summed E-state index contributed by atoms with van der Waals surface area (Å²) in [5.41, 5.74) is 2.37.